The van der Waals surface area contributed by atoms with Gasteiger partial charge in [-0.2, -0.15) is 20.1 Å². The summed E-state index contributed by atoms with van der Waals surface area (Å²) in [6.45, 7) is 2.90. The number of hydrogen-bond acceptors (Lipinski definition) is 10. The van der Waals surface area contributed by atoms with Crippen LogP contribution in [0.3, 0.4) is 0 Å². The van der Waals surface area contributed by atoms with Crippen LogP contribution in [0.2, 0.25) is 0 Å². The molecule has 1 fully saturated rings. The third-order valence-corrected chi connectivity index (χ3v) is 4.63. The minimum Gasteiger partial charge on any atom is -0.467 e. The minimum absolute atomic E-state index is 0. The number of benzene rings is 1. The number of morpholine rings is 1. The van der Waals surface area contributed by atoms with Crippen molar-refractivity contribution in [1.82, 2.24) is 15.0 Å². The second-order valence-electron chi connectivity index (χ2n) is 5.64. The van der Waals surface area contributed by atoms with Gasteiger partial charge in [-0.25, -0.2) is 5.43 Å². The van der Waals surface area contributed by atoms with Crippen LogP contribution in [0, 0.1) is 0 Å². The van der Waals surface area contributed by atoms with Crippen molar-refractivity contribution in [3.63, 3.8) is 0 Å². The van der Waals surface area contributed by atoms with E-state index in [4.69, 9.17) is 18.9 Å². The molecular weight excluding hydrogens is 456 g/mol. The normalized spacial score (nSPS) is 15.4. The molecule has 10 nitrogen and oxygen atoms in total. The fourth-order valence-corrected chi connectivity index (χ4v) is 3.01. The Kier molecular flexibility index (Phi) is 6.70. The third kappa shape index (κ3) is 4.54. The highest BCUT2D eigenvalue weighted by molar-refractivity contribution is 9.10. The maximum Gasteiger partial charge on any atom is 0.322 e. The Morgan fingerprint density at radius 2 is 1.93 bits per heavy atom. The second kappa shape index (κ2) is 9.22. The molecule has 0 spiro atoms. The van der Waals surface area contributed by atoms with Crippen molar-refractivity contribution in [3.8, 4) is 17.5 Å². The smallest absolute Gasteiger partial charge is 0.322 e. The first-order valence-electron chi connectivity index (χ1n) is 8.24. The molecule has 0 aliphatic carbocycles. The van der Waals surface area contributed by atoms with Gasteiger partial charge in [-0.3, -0.25) is 0 Å². The van der Waals surface area contributed by atoms with Crippen LogP contribution >= 0.6 is 28.3 Å². The maximum atomic E-state index is 5.38. The minimum atomic E-state index is 0. The lowest BCUT2D eigenvalue weighted by atomic mass is 10.2. The highest BCUT2D eigenvalue weighted by atomic mass is 79.9. The Bertz CT molecular complexity index is 865. The van der Waals surface area contributed by atoms with Gasteiger partial charge in [0.25, 0.3) is 5.95 Å². The zero-order chi connectivity index (χ0) is 18.6. The Morgan fingerprint density at radius 3 is 2.68 bits per heavy atom. The summed E-state index contributed by atoms with van der Waals surface area (Å²) in [6, 6.07) is 3.89. The van der Waals surface area contributed by atoms with Crippen molar-refractivity contribution >= 4 is 46.4 Å². The highest BCUT2D eigenvalue weighted by Crippen LogP contribution is 2.36. The number of fused-ring (bicyclic) bond motifs is 1. The predicted octanol–water partition coefficient (Wildman–Crippen LogP) is 2.08. The number of nitrogens with zero attached hydrogens (tertiary/aromatic N) is 5. The summed E-state index contributed by atoms with van der Waals surface area (Å²) in [4.78, 5) is 14.9. The maximum absolute atomic E-state index is 5.38. The van der Waals surface area contributed by atoms with E-state index >= 15 is 0 Å². The summed E-state index contributed by atoms with van der Waals surface area (Å²) in [7, 11) is 1.51. The highest BCUT2D eigenvalue weighted by Gasteiger charge is 2.17. The number of nitrogens with one attached hydrogen (secondary N) is 1. The summed E-state index contributed by atoms with van der Waals surface area (Å²) in [6.07, 6.45) is 1.64. The van der Waals surface area contributed by atoms with Gasteiger partial charge in [-0.1, -0.05) is 0 Å². The van der Waals surface area contributed by atoms with Gasteiger partial charge in [0.2, 0.25) is 12.7 Å². The summed E-state index contributed by atoms with van der Waals surface area (Å²) in [5, 5.41) is 4.21. The van der Waals surface area contributed by atoms with Crippen LogP contribution in [0.4, 0.5) is 11.9 Å². The predicted molar refractivity (Wildman–Crippen MR) is 108 cm³/mol. The van der Waals surface area contributed by atoms with Crippen LogP contribution in [-0.4, -0.2) is 61.4 Å². The van der Waals surface area contributed by atoms with Crippen molar-refractivity contribution < 1.29 is 18.9 Å². The largest absolute Gasteiger partial charge is 0.467 e. The lowest BCUT2D eigenvalue weighted by Crippen LogP contribution is -2.37. The average molecular weight is 474 g/mol. The molecular formula is C16H18BrClN6O4. The number of anilines is 2. The van der Waals surface area contributed by atoms with Gasteiger partial charge < -0.3 is 23.8 Å². The Balaban J connectivity index is 0.00000225. The molecule has 0 unspecified atom stereocenters. The van der Waals surface area contributed by atoms with E-state index in [0.717, 1.165) is 10.0 Å². The molecule has 28 heavy (non-hydrogen) atoms. The van der Waals surface area contributed by atoms with E-state index in [-0.39, 0.29) is 31.2 Å². The van der Waals surface area contributed by atoms with Gasteiger partial charge in [-0.15, -0.1) is 12.4 Å². The molecule has 0 saturated carbocycles. The summed E-state index contributed by atoms with van der Waals surface area (Å²) >= 11 is 3.49. The molecule has 4 rings (SSSR count). The molecule has 2 aliphatic heterocycles. The first kappa shape index (κ1) is 20.4. The molecule has 0 bridgehead atoms. The molecule has 1 saturated heterocycles. The molecule has 3 heterocycles. The van der Waals surface area contributed by atoms with Gasteiger partial charge in [0.1, 0.15) is 0 Å². The monoisotopic (exact) mass is 472 g/mol. The lowest BCUT2D eigenvalue weighted by molar-refractivity contribution is 0.122. The van der Waals surface area contributed by atoms with E-state index in [1.54, 1.807) is 6.21 Å². The fraction of sp³-hybridized carbons (Fsp3) is 0.375. The van der Waals surface area contributed by atoms with Crippen molar-refractivity contribution in [2.24, 2.45) is 5.10 Å². The van der Waals surface area contributed by atoms with Crippen LogP contribution < -0.4 is 24.5 Å². The molecule has 1 aromatic carbocycles. The SMILES string of the molecule is COc1nc(NN=Cc2cc3c(cc2Br)OCO3)nc(N2CCOCC2)n1.Cl. The Morgan fingerprint density at radius 1 is 1.18 bits per heavy atom. The molecule has 1 N–H and O–H groups in total. The summed E-state index contributed by atoms with van der Waals surface area (Å²) in [5.74, 6) is 2.18. The molecule has 150 valence electrons. The molecule has 0 amide bonds. The van der Waals surface area contributed by atoms with E-state index in [1.165, 1.54) is 7.11 Å². The van der Waals surface area contributed by atoms with Crippen LogP contribution in [0.5, 0.6) is 17.5 Å². The van der Waals surface area contributed by atoms with E-state index < -0.39 is 0 Å². The van der Waals surface area contributed by atoms with Gasteiger partial charge in [-0.05, 0) is 28.1 Å². The zero-order valence-electron chi connectivity index (χ0n) is 14.9. The first-order chi connectivity index (χ1) is 13.2. The van der Waals surface area contributed by atoms with E-state index in [9.17, 15) is 0 Å². The van der Waals surface area contributed by atoms with Crippen molar-refractivity contribution in [2.75, 3.05) is 50.5 Å². The average Bonchev–Trinajstić information content (AvgIpc) is 3.15. The van der Waals surface area contributed by atoms with Gasteiger partial charge in [0, 0.05) is 23.1 Å². The quantitative estimate of drug-likeness (QED) is 0.516. The fourth-order valence-electron chi connectivity index (χ4n) is 2.58. The van der Waals surface area contributed by atoms with Crippen molar-refractivity contribution in [3.05, 3.63) is 22.2 Å². The number of aromatic nitrogens is 3. The zero-order valence-corrected chi connectivity index (χ0v) is 17.3. The molecule has 0 radical (unpaired) electrons. The number of methoxy groups -OCH3 is 1. The Hall–Kier alpha value is -2.37. The number of hydrazone groups is 1. The standard InChI is InChI=1S/C16H17BrN6O4.ClH/c1-24-16-20-14(19-15(21-16)23-2-4-25-5-3-23)22-18-8-10-6-12-13(7-11(10)17)27-9-26-12;/h6-8H,2-5,9H2,1H3,(H,19,20,21,22);1H. The Labute approximate surface area is 175 Å². The van der Waals surface area contributed by atoms with Crippen molar-refractivity contribution in [2.45, 2.75) is 0 Å². The summed E-state index contributed by atoms with van der Waals surface area (Å²) < 4.78 is 22.1. The topological polar surface area (TPSA) is 103 Å². The molecule has 2 aliphatic rings. The number of rotatable bonds is 5. The van der Waals surface area contributed by atoms with Gasteiger partial charge in [0.05, 0.1) is 26.5 Å². The van der Waals surface area contributed by atoms with Crippen LogP contribution in [0.25, 0.3) is 0 Å². The van der Waals surface area contributed by atoms with E-state index in [1.807, 2.05) is 17.0 Å². The van der Waals surface area contributed by atoms with E-state index in [2.05, 4.69) is 41.4 Å². The van der Waals surface area contributed by atoms with E-state index in [0.29, 0.717) is 43.8 Å². The summed E-state index contributed by atoms with van der Waals surface area (Å²) in [5.41, 5.74) is 3.64. The number of hydrogen-bond donors (Lipinski definition) is 1. The molecule has 1 aromatic heterocycles. The van der Waals surface area contributed by atoms with Crippen LogP contribution in [0.15, 0.2) is 21.7 Å². The molecule has 0 atom stereocenters. The van der Waals surface area contributed by atoms with Crippen LogP contribution in [0.1, 0.15) is 5.56 Å². The molecule has 2 aromatic rings. The van der Waals surface area contributed by atoms with Gasteiger partial charge in [0.15, 0.2) is 11.5 Å². The number of halogens is 2. The third-order valence-electron chi connectivity index (χ3n) is 3.94. The first-order valence-corrected chi connectivity index (χ1v) is 9.03. The lowest BCUT2D eigenvalue weighted by Gasteiger charge is -2.26. The van der Waals surface area contributed by atoms with Gasteiger partial charge >= 0.3 is 6.01 Å². The molecule has 12 heteroatoms. The van der Waals surface area contributed by atoms with Crippen LogP contribution in [-0.2, 0) is 4.74 Å². The van der Waals surface area contributed by atoms with Crippen molar-refractivity contribution in [1.29, 1.82) is 0 Å². The second-order valence-corrected chi connectivity index (χ2v) is 6.50. The number of ether oxygens (including phenoxy) is 4.